The number of ether oxygens (including phenoxy) is 1. The van der Waals surface area contributed by atoms with Crippen molar-refractivity contribution in [3.05, 3.63) is 47.3 Å². The monoisotopic (exact) mass is 524 g/mol. The number of aliphatic hydroxyl groups is 1. The quantitative estimate of drug-likeness (QED) is 0.538. The second-order valence-corrected chi connectivity index (χ2v) is 11.5. The molecular weight excluding hydrogens is 490 g/mol. The number of hydrogen-bond donors (Lipinski definition) is 1. The molecule has 11 heteroatoms. The predicted octanol–water partition coefficient (Wildman–Crippen LogP) is 3.26. The van der Waals surface area contributed by atoms with E-state index in [-0.39, 0.29) is 36.6 Å². The molecule has 3 heterocycles. The van der Waals surface area contributed by atoms with E-state index in [2.05, 4.69) is 9.97 Å². The Morgan fingerprint density at radius 1 is 1.03 bits per heavy atom. The van der Waals surface area contributed by atoms with Gasteiger partial charge >= 0.3 is 0 Å². The Kier molecular flexibility index (Phi) is 8.74. The van der Waals surface area contributed by atoms with Crippen LogP contribution in [-0.4, -0.2) is 72.4 Å². The molecule has 1 aromatic carbocycles. The minimum atomic E-state index is -3.42. The van der Waals surface area contributed by atoms with E-state index in [0.717, 1.165) is 12.0 Å². The van der Waals surface area contributed by atoms with E-state index in [1.807, 2.05) is 24.2 Å². The maximum absolute atomic E-state index is 14.9. The van der Waals surface area contributed by atoms with Crippen molar-refractivity contribution in [2.24, 2.45) is 0 Å². The van der Waals surface area contributed by atoms with Crippen LogP contribution in [0.25, 0.3) is 0 Å². The first-order valence-electron chi connectivity index (χ1n) is 12.6. The first-order valence-corrected chi connectivity index (χ1v) is 14.2. The summed E-state index contributed by atoms with van der Waals surface area (Å²) in [6, 6.07) is 2.63. The average Bonchev–Trinajstić information content (AvgIpc) is 2.90. The van der Waals surface area contributed by atoms with Gasteiger partial charge in [0.25, 0.3) is 0 Å². The van der Waals surface area contributed by atoms with Crippen LogP contribution in [0.5, 0.6) is 5.75 Å². The fourth-order valence-corrected chi connectivity index (χ4v) is 6.32. The Bertz CT molecular complexity index is 1090. The van der Waals surface area contributed by atoms with Crippen molar-refractivity contribution in [2.75, 3.05) is 43.4 Å². The van der Waals surface area contributed by atoms with Gasteiger partial charge in [-0.1, -0.05) is 6.92 Å². The average molecular weight is 525 g/mol. The number of benzene rings is 1. The Hall–Kier alpha value is -2.37. The van der Waals surface area contributed by atoms with Crippen molar-refractivity contribution in [1.29, 1.82) is 0 Å². The Labute approximate surface area is 211 Å². The molecule has 198 valence electrons. The molecule has 4 rings (SSSR count). The normalized spacial score (nSPS) is 18.5. The predicted molar refractivity (Wildman–Crippen MR) is 133 cm³/mol. The number of halogens is 2. The summed E-state index contributed by atoms with van der Waals surface area (Å²) in [5.41, 5.74) is 1.59. The second-order valence-electron chi connectivity index (χ2n) is 9.43. The highest BCUT2D eigenvalue weighted by Crippen LogP contribution is 2.34. The van der Waals surface area contributed by atoms with Crippen molar-refractivity contribution >= 4 is 16.0 Å². The van der Waals surface area contributed by atoms with Gasteiger partial charge in [0.15, 0.2) is 17.4 Å². The highest BCUT2D eigenvalue weighted by Gasteiger charge is 2.30. The number of piperidine rings is 2. The lowest BCUT2D eigenvalue weighted by Crippen LogP contribution is -2.39. The molecule has 0 unspecified atom stereocenters. The molecule has 1 N–H and O–H groups in total. The molecule has 2 aliphatic heterocycles. The lowest BCUT2D eigenvalue weighted by Gasteiger charge is -2.33. The summed E-state index contributed by atoms with van der Waals surface area (Å²) in [7, 11) is -3.42. The van der Waals surface area contributed by atoms with Gasteiger partial charge in [0.2, 0.25) is 16.0 Å². The van der Waals surface area contributed by atoms with Crippen LogP contribution in [0, 0.1) is 11.6 Å². The summed E-state index contributed by atoms with van der Waals surface area (Å²) in [6.07, 6.45) is 6.56. The summed E-state index contributed by atoms with van der Waals surface area (Å²) in [5, 5.41) is 8.90. The SMILES string of the molecule is CCc1cnc(N2CCC(Oc3c(F)cc(C4CCN(S(=O)(=O)CCCO)CC4)cc3F)CC2)nc1. The molecule has 0 spiro atoms. The number of aromatic nitrogens is 2. The fourth-order valence-electron chi connectivity index (χ4n) is 4.81. The molecule has 0 amide bonds. The molecule has 0 aliphatic carbocycles. The van der Waals surface area contributed by atoms with Crippen LogP contribution in [0.1, 0.15) is 56.1 Å². The fraction of sp³-hybridized carbons (Fsp3) is 0.600. The second kappa shape index (κ2) is 11.8. The molecule has 0 radical (unpaired) electrons. The first-order chi connectivity index (χ1) is 17.3. The Morgan fingerprint density at radius 3 is 2.19 bits per heavy atom. The summed E-state index contributed by atoms with van der Waals surface area (Å²) < 4.78 is 61.6. The maximum Gasteiger partial charge on any atom is 0.225 e. The molecule has 36 heavy (non-hydrogen) atoms. The van der Waals surface area contributed by atoms with Crippen molar-refractivity contribution in [1.82, 2.24) is 14.3 Å². The minimum Gasteiger partial charge on any atom is -0.484 e. The van der Waals surface area contributed by atoms with Crippen LogP contribution in [0.3, 0.4) is 0 Å². The molecule has 8 nitrogen and oxygen atoms in total. The van der Waals surface area contributed by atoms with Crippen molar-refractivity contribution < 1.29 is 27.0 Å². The first kappa shape index (κ1) is 26.7. The summed E-state index contributed by atoms with van der Waals surface area (Å²) in [4.78, 5) is 10.9. The van der Waals surface area contributed by atoms with Gasteiger partial charge in [-0.05, 0) is 54.9 Å². The third-order valence-electron chi connectivity index (χ3n) is 7.01. The topological polar surface area (TPSA) is 95.9 Å². The van der Waals surface area contributed by atoms with Gasteiger partial charge in [0.05, 0.1) is 5.75 Å². The van der Waals surface area contributed by atoms with Gasteiger partial charge in [-0.2, -0.15) is 0 Å². The van der Waals surface area contributed by atoms with E-state index in [4.69, 9.17) is 9.84 Å². The molecule has 0 bridgehead atoms. The number of rotatable bonds is 9. The maximum atomic E-state index is 14.9. The van der Waals surface area contributed by atoms with Crippen LogP contribution in [-0.2, 0) is 16.4 Å². The van der Waals surface area contributed by atoms with E-state index in [9.17, 15) is 17.2 Å². The van der Waals surface area contributed by atoms with Gasteiger partial charge in [-0.25, -0.2) is 31.5 Å². The minimum absolute atomic E-state index is 0.0967. The number of hydrogen-bond acceptors (Lipinski definition) is 7. The van der Waals surface area contributed by atoms with E-state index >= 15 is 0 Å². The molecule has 0 atom stereocenters. The van der Waals surface area contributed by atoms with Crippen LogP contribution in [0.4, 0.5) is 14.7 Å². The summed E-state index contributed by atoms with van der Waals surface area (Å²) in [6.45, 7) is 3.73. The van der Waals surface area contributed by atoms with Crippen molar-refractivity contribution in [3.63, 3.8) is 0 Å². The standard InChI is InChI=1S/C25H34F2N4O4S/c1-2-18-16-28-25(29-17-18)30-8-6-21(7-9-30)35-24-22(26)14-20(15-23(24)27)19-4-10-31(11-5-19)36(33,34)13-3-12-32/h14-17,19,21,32H,2-13H2,1H3. The molecular formula is C25H34F2N4O4S. The molecule has 2 saturated heterocycles. The Balaban J connectivity index is 1.33. The van der Waals surface area contributed by atoms with E-state index in [1.54, 1.807) is 0 Å². The highest BCUT2D eigenvalue weighted by atomic mass is 32.2. The lowest BCUT2D eigenvalue weighted by atomic mass is 9.90. The summed E-state index contributed by atoms with van der Waals surface area (Å²) >= 11 is 0. The zero-order valence-corrected chi connectivity index (χ0v) is 21.4. The zero-order chi connectivity index (χ0) is 25.7. The lowest BCUT2D eigenvalue weighted by molar-refractivity contribution is 0.156. The van der Waals surface area contributed by atoms with Gasteiger partial charge in [-0.3, -0.25) is 0 Å². The molecule has 1 aromatic heterocycles. The third kappa shape index (κ3) is 6.30. The van der Waals surface area contributed by atoms with Crippen LogP contribution in [0.15, 0.2) is 24.5 Å². The van der Waals surface area contributed by atoms with Gasteiger partial charge in [-0.15, -0.1) is 0 Å². The molecule has 2 aliphatic rings. The van der Waals surface area contributed by atoms with Crippen molar-refractivity contribution in [2.45, 2.75) is 57.5 Å². The number of nitrogens with zero attached hydrogens (tertiary/aromatic N) is 4. The third-order valence-corrected chi connectivity index (χ3v) is 8.97. The highest BCUT2D eigenvalue weighted by molar-refractivity contribution is 7.89. The van der Waals surface area contributed by atoms with E-state index < -0.39 is 21.7 Å². The van der Waals surface area contributed by atoms with Crippen LogP contribution < -0.4 is 9.64 Å². The van der Waals surface area contributed by atoms with E-state index in [0.29, 0.717) is 63.4 Å². The largest absolute Gasteiger partial charge is 0.484 e. The zero-order valence-electron chi connectivity index (χ0n) is 20.6. The number of anilines is 1. The van der Waals surface area contributed by atoms with Gasteiger partial charge in [0, 0.05) is 58.0 Å². The van der Waals surface area contributed by atoms with E-state index in [1.165, 1.54) is 16.4 Å². The smallest absolute Gasteiger partial charge is 0.225 e. The number of sulfonamides is 1. The number of aryl methyl sites for hydroxylation is 1. The van der Waals surface area contributed by atoms with Crippen molar-refractivity contribution in [3.8, 4) is 5.75 Å². The van der Waals surface area contributed by atoms with Gasteiger partial charge in [0.1, 0.15) is 6.10 Å². The molecule has 2 aromatic rings. The van der Waals surface area contributed by atoms with Gasteiger partial charge < -0.3 is 14.7 Å². The molecule has 2 fully saturated rings. The summed E-state index contributed by atoms with van der Waals surface area (Å²) in [5.74, 6) is -1.40. The number of aliphatic hydroxyl groups excluding tert-OH is 1. The van der Waals surface area contributed by atoms with Crippen LogP contribution in [0.2, 0.25) is 0 Å². The van der Waals surface area contributed by atoms with Crippen LogP contribution >= 0.6 is 0 Å². The molecule has 0 saturated carbocycles. The Morgan fingerprint density at radius 2 is 1.64 bits per heavy atom.